The Morgan fingerprint density at radius 2 is 2.08 bits per heavy atom. The summed E-state index contributed by atoms with van der Waals surface area (Å²) in [6, 6.07) is 9.19. The number of amides is 1. The van der Waals surface area contributed by atoms with E-state index in [1.807, 2.05) is 18.2 Å². The third kappa shape index (κ3) is 4.05. The average Bonchev–Trinajstić information content (AvgIpc) is 2.97. The van der Waals surface area contributed by atoms with E-state index in [4.69, 9.17) is 10.5 Å². The van der Waals surface area contributed by atoms with Crippen LogP contribution in [0.1, 0.15) is 38.1 Å². The molecule has 3 N–H and O–H groups in total. The van der Waals surface area contributed by atoms with Gasteiger partial charge in [0.15, 0.2) is 0 Å². The van der Waals surface area contributed by atoms with Gasteiger partial charge in [-0.05, 0) is 31.0 Å². The molecule has 0 fully saturated rings. The number of nitrogen functional groups attached to an aromatic ring is 1. The maximum Gasteiger partial charge on any atom is 0.341 e. The molecule has 2 aromatic rings. The molecule has 0 bridgehead atoms. The third-order valence-corrected chi connectivity index (χ3v) is 5.44. The van der Waals surface area contributed by atoms with Crippen LogP contribution in [0.25, 0.3) is 0 Å². The summed E-state index contributed by atoms with van der Waals surface area (Å²) in [7, 11) is 0. The number of nitrogens with zero attached hydrogens (tertiary/aromatic N) is 1. The number of benzene rings is 1. The van der Waals surface area contributed by atoms with Crippen molar-refractivity contribution >= 4 is 28.2 Å². The van der Waals surface area contributed by atoms with Gasteiger partial charge in [0.25, 0.3) is 5.91 Å². The van der Waals surface area contributed by atoms with Crippen LogP contribution in [-0.4, -0.2) is 43.0 Å². The molecule has 1 amide bonds. The van der Waals surface area contributed by atoms with Crippen molar-refractivity contribution in [2.75, 3.05) is 32.0 Å². The largest absolute Gasteiger partial charge is 0.462 e. The summed E-state index contributed by atoms with van der Waals surface area (Å²) in [5.41, 5.74) is 8.28. The fraction of sp³-hybridized carbons (Fsp3) is 0.368. The first kappa shape index (κ1) is 18.4. The Hall–Kier alpha value is -2.38. The Labute approximate surface area is 156 Å². The number of rotatable bonds is 6. The molecule has 0 atom stereocenters. The van der Waals surface area contributed by atoms with Crippen molar-refractivity contribution in [1.82, 2.24) is 10.2 Å². The van der Waals surface area contributed by atoms with Crippen LogP contribution < -0.4 is 11.1 Å². The monoisotopic (exact) mass is 373 g/mol. The second-order valence-corrected chi connectivity index (χ2v) is 7.25. The first-order valence-electron chi connectivity index (χ1n) is 8.73. The number of esters is 1. The highest BCUT2D eigenvalue weighted by Crippen LogP contribution is 2.35. The molecule has 2 heterocycles. The minimum atomic E-state index is -0.328. The summed E-state index contributed by atoms with van der Waals surface area (Å²) in [5, 5.41) is 3.48. The molecule has 1 aromatic heterocycles. The summed E-state index contributed by atoms with van der Waals surface area (Å²) in [6.45, 7) is 5.04. The van der Waals surface area contributed by atoms with Gasteiger partial charge in [-0.25, -0.2) is 4.79 Å². The van der Waals surface area contributed by atoms with Gasteiger partial charge in [0.05, 0.1) is 12.2 Å². The third-order valence-electron chi connectivity index (χ3n) is 4.39. The highest BCUT2D eigenvalue weighted by atomic mass is 32.1. The summed E-state index contributed by atoms with van der Waals surface area (Å²) >= 11 is 1.46. The molecule has 1 aliphatic rings. The van der Waals surface area contributed by atoms with Crippen molar-refractivity contribution < 1.29 is 14.3 Å². The summed E-state index contributed by atoms with van der Waals surface area (Å²) in [6.07, 6.45) is 0.768. The second-order valence-electron chi connectivity index (χ2n) is 6.11. The van der Waals surface area contributed by atoms with Gasteiger partial charge in [-0.3, -0.25) is 9.69 Å². The van der Waals surface area contributed by atoms with E-state index in [2.05, 4.69) is 10.2 Å². The van der Waals surface area contributed by atoms with Gasteiger partial charge in [-0.15, -0.1) is 11.3 Å². The normalized spacial score (nSPS) is 13.9. The van der Waals surface area contributed by atoms with Crippen molar-refractivity contribution in [3.63, 3.8) is 0 Å². The summed E-state index contributed by atoms with van der Waals surface area (Å²) in [5.74, 6) is -0.390. The highest BCUT2D eigenvalue weighted by Gasteiger charge is 2.27. The van der Waals surface area contributed by atoms with Crippen LogP contribution in [0.3, 0.4) is 0 Å². The molecule has 7 heteroatoms. The van der Waals surface area contributed by atoms with E-state index in [9.17, 15) is 9.59 Å². The molecule has 0 saturated carbocycles. The number of fused-ring (bicyclic) bond motifs is 1. The number of carbonyl (C=O) groups is 2. The number of hydrogen-bond donors (Lipinski definition) is 2. The SMILES string of the molecule is CCOC(=O)c1c(N)sc2c1CCN(CCNC(=O)c1ccccc1)C2. The van der Waals surface area contributed by atoms with Gasteiger partial charge >= 0.3 is 5.97 Å². The Morgan fingerprint density at radius 1 is 1.31 bits per heavy atom. The van der Waals surface area contributed by atoms with Crippen molar-refractivity contribution in [3.05, 3.63) is 51.9 Å². The lowest BCUT2D eigenvalue weighted by atomic mass is 10.0. The van der Waals surface area contributed by atoms with Crippen molar-refractivity contribution in [1.29, 1.82) is 0 Å². The lowest BCUT2D eigenvalue weighted by Gasteiger charge is -2.27. The van der Waals surface area contributed by atoms with Crippen molar-refractivity contribution in [2.45, 2.75) is 19.9 Å². The van der Waals surface area contributed by atoms with Crippen LogP contribution in [0.15, 0.2) is 30.3 Å². The highest BCUT2D eigenvalue weighted by molar-refractivity contribution is 7.16. The molecule has 1 aromatic carbocycles. The maximum atomic E-state index is 12.1. The number of carbonyl (C=O) groups excluding carboxylic acids is 2. The number of anilines is 1. The Morgan fingerprint density at radius 3 is 2.81 bits per heavy atom. The smallest absolute Gasteiger partial charge is 0.341 e. The molecule has 26 heavy (non-hydrogen) atoms. The summed E-state index contributed by atoms with van der Waals surface area (Å²) in [4.78, 5) is 27.6. The zero-order valence-electron chi connectivity index (χ0n) is 14.8. The standard InChI is InChI=1S/C19H23N3O3S/c1-2-25-19(24)16-14-8-10-22(12-15(14)26-17(16)20)11-9-21-18(23)13-6-4-3-5-7-13/h3-7H,2,8-12,20H2,1H3,(H,21,23). The molecule has 0 spiro atoms. The predicted molar refractivity (Wildman–Crippen MR) is 102 cm³/mol. The number of nitrogens with one attached hydrogen (secondary N) is 1. The maximum absolute atomic E-state index is 12.1. The number of hydrogen-bond acceptors (Lipinski definition) is 6. The zero-order chi connectivity index (χ0) is 18.5. The predicted octanol–water partition coefficient (Wildman–Crippen LogP) is 2.30. The Bertz CT molecular complexity index is 789. The fourth-order valence-electron chi connectivity index (χ4n) is 3.11. The van der Waals surface area contributed by atoms with E-state index >= 15 is 0 Å². The topological polar surface area (TPSA) is 84.7 Å². The van der Waals surface area contributed by atoms with Crippen LogP contribution in [0.2, 0.25) is 0 Å². The van der Waals surface area contributed by atoms with Crippen molar-refractivity contribution in [3.8, 4) is 0 Å². The number of thiophene rings is 1. The molecule has 0 radical (unpaired) electrons. The van der Waals surface area contributed by atoms with Gasteiger partial charge in [0, 0.05) is 36.6 Å². The number of ether oxygens (including phenoxy) is 1. The first-order chi connectivity index (χ1) is 12.6. The molecular weight excluding hydrogens is 350 g/mol. The van der Waals surface area contributed by atoms with Crippen molar-refractivity contribution in [2.24, 2.45) is 0 Å². The lowest BCUT2D eigenvalue weighted by Crippen LogP contribution is -2.37. The molecule has 1 aliphatic heterocycles. The minimum absolute atomic E-state index is 0.0618. The van der Waals surface area contributed by atoms with E-state index in [0.29, 0.717) is 29.3 Å². The van der Waals surface area contributed by atoms with E-state index in [0.717, 1.165) is 36.5 Å². The van der Waals surface area contributed by atoms with E-state index in [1.165, 1.54) is 11.3 Å². The molecular formula is C19H23N3O3S. The van der Waals surface area contributed by atoms with E-state index in [1.54, 1.807) is 19.1 Å². The first-order valence-corrected chi connectivity index (χ1v) is 9.54. The molecule has 0 saturated heterocycles. The molecule has 6 nitrogen and oxygen atoms in total. The molecule has 3 rings (SSSR count). The molecule has 0 unspecified atom stereocenters. The van der Waals surface area contributed by atoms with Gasteiger partial charge in [0.1, 0.15) is 5.00 Å². The van der Waals surface area contributed by atoms with Crippen LogP contribution in [0.4, 0.5) is 5.00 Å². The zero-order valence-corrected chi connectivity index (χ0v) is 15.6. The van der Waals surface area contributed by atoms with E-state index < -0.39 is 0 Å². The molecule has 138 valence electrons. The van der Waals surface area contributed by atoms with Crippen LogP contribution in [-0.2, 0) is 17.7 Å². The quantitative estimate of drug-likeness (QED) is 0.759. The van der Waals surface area contributed by atoms with Gasteiger partial charge < -0.3 is 15.8 Å². The average molecular weight is 373 g/mol. The lowest BCUT2D eigenvalue weighted by molar-refractivity contribution is 0.0526. The van der Waals surface area contributed by atoms with Crippen LogP contribution >= 0.6 is 11.3 Å². The van der Waals surface area contributed by atoms with Gasteiger partial charge in [-0.1, -0.05) is 18.2 Å². The van der Waals surface area contributed by atoms with Crippen LogP contribution in [0.5, 0.6) is 0 Å². The van der Waals surface area contributed by atoms with Gasteiger partial charge in [0.2, 0.25) is 0 Å². The second kappa shape index (κ2) is 8.33. The Kier molecular flexibility index (Phi) is 5.90. The number of nitrogens with two attached hydrogens (primary N) is 1. The minimum Gasteiger partial charge on any atom is -0.462 e. The summed E-state index contributed by atoms with van der Waals surface area (Å²) < 4.78 is 5.12. The molecule has 0 aliphatic carbocycles. The van der Waals surface area contributed by atoms with Crippen LogP contribution in [0, 0.1) is 0 Å². The fourth-order valence-corrected chi connectivity index (χ4v) is 4.26. The Balaban J connectivity index is 1.55. The van der Waals surface area contributed by atoms with E-state index in [-0.39, 0.29) is 11.9 Å². The van der Waals surface area contributed by atoms with Gasteiger partial charge in [-0.2, -0.15) is 0 Å².